The van der Waals surface area contributed by atoms with Crippen LogP contribution in [0.4, 0.5) is 5.69 Å². The van der Waals surface area contributed by atoms with E-state index in [1.54, 1.807) is 0 Å². The zero-order valence-electron chi connectivity index (χ0n) is 12.1. The van der Waals surface area contributed by atoms with E-state index in [4.69, 9.17) is 4.74 Å². The van der Waals surface area contributed by atoms with Gasteiger partial charge >= 0.3 is 0 Å². The molecule has 0 bridgehead atoms. The van der Waals surface area contributed by atoms with Gasteiger partial charge in [-0.3, -0.25) is 0 Å². The van der Waals surface area contributed by atoms with Crippen LogP contribution >= 0.6 is 0 Å². The highest BCUT2D eigenvalue weighted by Crippen LogP contribution is 2.33. The average Bonchev–Trinajstić information content (AvgIpc) is 2.91. The Morgan fingerprint density at radius 3 is 3.20 bits per heavy atom. The van der Waals surface area contributed by atoms with Gasteiger partial charge in [0.15, 0.2) is 0 Å². The lowest BCUT2D eigenvalue weighted by atomic mass is 9.81. The number of morpholine rings is 1. The highest BCUT2D eigenvalue weighted by Gasteiger charge is 2.37. The molecule has 0 amide bonds. The van der Waals surface area contributed by atoms with Crippen LogP contribution in [0.25, 0.3) is 0 Å². The van der Waals surface area contributed by atoms with Gasteiger partial charge in [0.2, 0.25) is 0 Å². The molecule has 3 nitrogen and oxygen atoms in total. The molecular weight excluding hydrogens is 248 g/mol. The Morgan fingerprint density at radius 2 is 2.20 bits per heavy atom. The van der Waals surface area contributed by atoms with E-state index in [-0.39, 0.29) is 0 Å². The van der Waals surface area contributed by atoms with Crippen LogP contribution in [0.2, 0.25) is 0 Å². The number of ether oxygens (including phenoxy) is 1. The first kappa shape index (κ1) is 12.7. The predicted molar refractivity (Wildman–Crippen MR) is 81.2 cm³/mol. The second-order valence-corrected chi connectivity index (χ2v) is 6.41. The van der Waals surface area contributed by atoms with Gasteiger partial charge in [-0.05, 0) is 30.9 Å². The first-order valence-corrected chi connectivity index (χ1v) is 8.09. The van der Waals surface area contributed by atoms with Crippen molar-refractivity contribution in [2.45, 2.75) is 37.8 Å². The van der Waals surface area contributed by atoms with Gasteiger partial charge in [0.05, 0.1) is 12.7 Å². The largest absolute Gasteiger partial charge is 0.375 e. The minimum Gasteiger partial charge on any atom is -0.375 e. The molecule has 20 heavy (non-hydrogen) atoms. The molecule has 0 radical (unpaired) electrons. The number of anilines is 1. The van der Waals surface area contributed by atoms with Crippen LogP contribution in [-0.4, -0.2) is 38.4 Å². The lowest BCUT2D eigenvalue weighted by molar-refractivity contribution is -0.0557. The van der Waals surface area contributed by atoms with E-state index in [9.17, 15) is 0 Å². The van der Waals surface area contributed by atoms with Gasteiger partial charge in [-0.1, -0.05) is 24.6 Å². The zero-order valence-corrected chi connectivity index (χ0v) is 12.1. The van der Waals surface area contributed by atoms with E-state index < -0.39 is 0 Å². The highest BCUT2D eigenvalue weighted by molar-refractivity contribution is 5.57. The molecular formula is C17H24N2O. The standard InChI is InChI=1S/C17H24N2O/c1-2-7-16-13(4-1)8-10-19(16)12-14-5-3-6-15-17(14)20-11-9-18-15/h1-2,4,7,14-15,17-18H,3,5-6,8-12H2. The van der Waals surface area contributed by atoms with Gasteiger partial charge in [-0.25, -0.2) is 0 Å². The molecule has 3 aliphatic rings. The fourth-order valence-electron chi connectivity index (χ4n) is 4.24. The molecule has 1 saturated heterocycles. The SMILES string of the molecule is c1ccc2c(c1)CCN2CC1CCCC2NCCOC12. The maximum Gasteiger partial charge on any atom is 0.0773 e. The Bertz CT molecular complexity index is 474. The van der Waals surface area contributed by atoms with Gasteiger partial charge in [-0.15, -0.1) is 0 Å². The smallest absolute Gasteiger partial charge is 0.0773 e. The molecule has 2 fully saturated rings. The van der Waals surface area contributed by atoms with E-state index in [1.807, 2.05) is 0 Å². The molecule has 3 heteroatoms. The maximum absolute atomic E-state index is 6.10. The Hall–Kier alpha value is -1.06. The molecule has 1 N–H and O–H groups in total. The maximum atomic E-state index is 6.10. The van der Waals surface area contributed by atoms with Crippen molar-refractivity contribution < 1.29 is 4.74 Å². The summed E-state index contributed by atoms with van der Waals surface area (Å²) in [6.45, 7) is 4.26. The lowest BCUT2D eigenvalue weighted by Crippen LogP contribution is -2.55. The molecule has 4 rings (SSSR count). The molecule has 108 valence electrons. The van der Waals surface area contributed by atoms with Crippen LogP contribution < -0.4 is 10.2 Å². The summed E-state index contributed by atoms with van der Waals surface area (Å²) in [5, 5.41) is 3.65. The van der Waals surface area contributed by atoms with Gasteiger partial charge in [0.1, 0.15) is 0 Å². The van der Waals surface area contributed by atoms with Crippen molar-refractivity contribution in [3.8, 4) is 0 Å². The van der Waals surface area contributed by atoms with Crippen LogP contribution in [0, 0.1) is 5.92 Å². The molecule has 1 aromatic carbocycles. The molecule has 1 aliphatic carbocycles. The minimum atomic E-state index is 0.435. The summed E-state index contributed by atoms with van der Waals surface area (Å²) in [4.78, 5) is 2.58. The topological polar surface area (TPSA) is 24.5 Å². The summed E-state index contributed by atoms with van der Waals surface area (Å²) in [5.74, 6) is 0.688. The van der Waals surface area contributed by atoms with E-state index >= 15 is 0 Å². The summed E-state index contributed by atoms with van der Waals surface area (Å²) < 4.78 is 6.10. The fraction of sp³-hybridized carbons (Fsp3) is 0.647. The van der Waals surface area contributed by atoms with Crippen LogP contribution in [0.5, 0.6) is 0 Å². The first-order valence-electron chi connectivity index (χ1n) is 8.09. The van der Waals surface area contributed by atoms with E-state index in [2.05, 4.69) is 34.5 Å². The predicted octanol–water partition coefficient (Wildman–Crippen LogP) is 2.21. The van der Waals surface area contributed by atoms with E-state index in [1.165, 1.54) is 50.0 Å². The van der Waals surface area contributed by atoms with Gasteiger partial charge in [0, 0.05) is 37.3 Å². The van der Waals surface area contributed by atoms with Crippen molar-refractivity contribution >= 4 is 5.69 Å². The summed E-state index contributed by atoms with van der Waals surface area (Å²) in [5.41, 5.74) is 2.97. The lowest BCUT2D eigenvalue weighted by Gasteiger charge is -2.43. The summed E-state index contributed by atoms with van der Waals surface area (Å²) in [6, 6.07) is 9.48. The monoisotopic (exact) mass is 272 g/mol. The average molecular weight is 272 g/mol. The highest BCUT2D eigenvalue weighted by atomic mass is 16.5. The number of nitrogens with zero attached hydrogens (tertiary/aromatic N) is 1. The van der Waals surface area contributed by atoms with Crippen molar-refractivity contribution in [2.75, 3.05) is 31.1 Å². The molecule has 1 aromatic rings. The second-order valence-electron chi connectivity index (χ2n) is 6.41. The minimum absolute atomic E-state index is 0.435. The number of para-hydroxylation sites is 1. The Labute approximate surface area is 121 Å². The second kappa shape index (κ2) is 5.38. The van der Waals surface area contributed by atoms with Crippen molar-refractivity contribution in [1.29, 1.82) is 0 Å². The Kier molecular flexibility index (Phi) is 3.41. The van der Waals surface area contributed by atoms with Crippen LogP contribution in [0.15, 0.2) is 24.3 Å². The third-order valence-electron chi connectivity index (χ3n) is 5.21. The fourth-order valence-corrected chi connectivity index (χ4v) is 4.24. The summed E-state index contributed by atoms with van der Waals surface area (Å²) >= 11 is 0. The molecule has 1 saturated carbocycles. The Morgan fingerprint density at radius 1 is 1.25 bits per heavy atom. The quantitative estimate of drug-likeness (QED) is 0.893. The summed E-state index contributed by atoms with van der Waals surface area (Å²) in [6.07, 6.45) is 5.60. The van der Waals surface area contributed by atoms with Crippen LogP contribution in [0.1, 0.15) is 24.8 Å². The third kappa shape index (κ3) is 2.23. The zero-order chi connectivity index (χ0) is 13.4. The number of hydrogen-bond acceptors (Lipinski definition) is 3. The Balaban J connectivity index is 1.49. The molecule has 0 spiro atoms. The number of fused-ring (bicyclic) bond motifs is 2. The van der Waals surface area contributed by atoms with Gasteiger partial charge in [-0.2, -0.15) is 0 Å². The molecule has 2 aliphatic heterocycles. The first-order chi connectivity index (χ1) is 9.92. The molecule has 3 unspecified atom stereocenters. The number of nitrogens with one attached hydrogen (secondary N) is 1. The normalized spacial score (nSPS) is 32.8. The molecule has 0 aromatic heterocycles. The van der Waals surface area contributed by atoms with Crippen molar-refractivity contribution in [3.05, 3.63) is 29.8 Å². The van der Waals surface area contributed by atoms with Gasteiger partial charge in [0.25, 0.3) is 0 Å². The molecule has 3 atom stereocenters. The molecule has 2 heterocycles. The number of rotatable bonds is 2. The van der Waals surface area contributed by atoms with Crippen LogP contribution in [0.3, 0.4) is 0 Å². The van der Waals surface area contributed by atoms with E-state index in [0.717, 1.165) is 13.2 Å². The summed E-state index contributed by atoms with van der Waals surface area (Å²) in [7, 11) is 0. The van der Waals surface area contributed by atoms with E-state index in [0.29, 0.717) is 18.1 Å². The third-order valence-corrected chi connectivity index (χ3v) is 5.21. The van der Waals surface area contributed by atoms with Crippen molar-refractivity contribution in [2.24, 2.45) is 5.92 Å². The van der Waals surface area contributed by atoms with Crippen molar-refractivity contribution in [3.63, 3.8) is 0 Å². The number of benzene rings is 1. The van der Waals surface area contributed by atoms with Gasteiger partial charge < -0.3 is 15.0 Å². The van der Waals surface area contributed by atoms with Crippen LogP contribution in [-0.2, 0) is 11.2 Å². The number of hydrogen-bond donors (Lipinski definition) is 1. The van der Waals surface area contributed by atoms with Crippen molar-refractivity contribution in [1.82, 2.24) is 5.32 Å².